The fraction of sp³-hybridized carbons (Fsp3) is 0.214. The SMILES string of the molecule is Cc1c(C)c(=O)n(Cc2ccc(C#N)cc2Cl)[nH]c1=O. The molecule has 0 radical (unpaired) electrons. The van der Waals surface area contributed by atoms with Crippen LogP contribution < -0.4 is 11.1 Å². The van der Waals surface area contributed by atoms with Crippen LogP contribution in [0.3, 0.4) is 0 Å². The zero-order chi connectivity index (χ0) is 14.9. The van der Waals surface area contributed by atoms with Crippen LogP contribution in [0, 0.1) is 25.2 Å². The minimum absolute atomic E-state index is 0.153. The largest absolute Gasteiger partial charge is 0.268 e. The van der Waals surface area contributed by atoms with E-state index < -0.39 is 0 Å². The summed E-state index contributed by atoms with van der Waals surface area (Å²) in [5.41, 5.74) is 1.37. The van der Waals surface area contributed by atoms with Gasteiger partial charge in [-0.05, 0) is 31.5 Å². The zero-order valence-electron chi connectivity index (χ0n) is 11.0. The second-order valence-corrected chi connectivity index (χ2v) is 4.91. The summed E-state index contributed by atoms with van der Waals surface area (Å²) in [5, 5.41) is 11.7. The van der Waals surface area contributed by atoms with Crippen LogP contribution in [0.25, 0.3) is 0 Å². The lowest BCUT2D eigenvalue weighted by atomic mass is 10.1. The Balaban J connectivity index is 2.49. The summed E-state index contributed by atoms with van der Waals surface area (Å²) in [6, 6.07) is 6.80. The Morgan fingerprint density at radius 2 is 2.00 bits per heavy atom. The third-order valence-electron chi connectivity index (χ3n) is 3.22. The first-order valence-corrected chi connectivity index (χ1v) is 6.30. The van der Waals surface area contributed by atoms with E-state index in [0.717, 1.165) is 0 Å². The summed E-state index contributed by atoms with van der Waals surface area (Å²) < 4.78 is 1.22. The van der Waals surface area contributed by atoms with Gasteiger partial charge in [-0.3, -0.25) is 14.7 Å². The molecular formula is C14H12ClN3O2. The van der Waals surface area contributed by atoms with Gasteiger partial charge in [-0.2, -0.15) is 5.26 Å². The number of benzene rings is 1. The average Bonchev–Trinajstić information content (AvgIpc) is 2.44. The molecule has 0 unspecified atom stereocenters. The average molecular weight is 290 g/mol. The first kappa shape index (κ1) is 14.1. The van der Waals surface area contributed by atoms with Crippen LogP contribution in [0.2, 0.25) is 5.02 Å². The Bertz CT molecular complexity index is 828. The first-order valence-electron chi connectivity index (χ1n) is 5.93. The maximum absolute atomic E-state index is 12.1. The Morgan fingerprint density at radius 3 is 2.60 bits per heavy atom. The van der Waals surface area contributed by atoms with Gasteiger partial charge in [0, 0.05) is 16.1 Å². The number of rotatable bonds is 2. The molecule has 1 N–H and O–H groups in total. The summed E-state index contributed by atoms with van der Waals surface area (Å²) >= 11 is 6.06. The molecule has 1 heterocycles. The summed E-state index contributed by atoms with van der Waals surface area (Å²) in [4.78, 5) is 23.8. The smallest absolute Gasteiger partial charge is 0.268 e. The summed E-state index contributed by atoms with van der Waals surface area (Å²) in [6.45, 7) is 3.37. The van der Waals surface area contributed by atoms with E-state index in [0.29, 0.717) is 27.3 Å². The minimum Gasteiger partial charge on any atom is -0.268 e. The maximum Gasteiger partial charge on any atom is 0.268 e. The predicted molar refractivity (Wildman–Crippen MR) is 76.1 cm³/mol. The molecule has 0 bridgehead atoms. The molecule has 2 aromatic rings. The normalized spacial score (nSPS) is 10.3. The van der Waals surface area contributed by atoms with Crippen LogP contribution in [0.15, 0.2) is 27.8 Å². The third kappa shape index (κ3) is 2.51. The number of nitrogens with zero attached hydrogens (tertiary/aromatic N) is 2. The molecule has 102 valence electrons. The van der Waals surface area contributed by atoms with Gasteiger partial charge in [0.25, 0.3) is 11.1 Å². The highest BCUT2D eigenvalue weighted by Crippen LogP contribution is 2.18. The molecule has 0 aliphatic heterocycles. The van der Waals surface area contributed by atoms with E-state index in [1.54, 1.807) is 26.0 Å². The molecule has 0 amide bonds. The van der Waals surface area contributed by atoms with E-state index >= 15 is 0 Å². The van der Waals surface area contributed by atoms with Crippen molar-refractivity contribution in [3.63, 3.8) is 0 Å². The molecule has 2 rings (SSSR count). The third-order valence-corrected chi connectivity index (χ3v) is 3.57. The van der Waals surface area contributed by atoms with E-state index in [1.807, 2.05) is 6.07 Å². The Kier molecular flexibility index (Phi) is 3.77. The Morgan fingerprint density at radius 1 is 1.30 bits per heavy atom. The van der Waals surface area contributed by atoms with Crippen LogP contribution >= 0.6 is 11.6 Å². The van der Waals surface area contributed by atoms with E-state index in [2.05, 4.69) is 5.10 Å². The van der Waals surface area contributed by atoms with Gasteiger partial charge < -0.3 is 0 Å². The van der Waals surface area contributed by atoms with Crippen molar-refractivity contribution in [3.8, 4) is 6.07 Å². The minimum atomic E-state index is -0.299. The standard InChI is InChI=1S/C14H12ClN3O2/c1-8-9(2)14(20)18(17-13(8)19)7-11-4-3-10(6-16)5-12(11)15/h3-5H,7H2,1-2H3,(H,17,19). The molecule has 5 nitrogen and oxygen atoms in total. The molecule has 0 spiro atoms. The lowest BCUT2D eigenvalue weighted by molar-refractivity contribution is 0.618. The molecule has 0 fully saturated rings. The highest BCUT2D eigenvalue weighted by Gasteiger charge is 2.09. The second kappa shape index (κ2) is 5.35. The van der Waals surface area contributed by atoms with Gasteiger partial charge in [-0.25, -0.2) is 4.68 Å². The number of aromatic nitrogens is 2. The zero-order valence-corrected chi connectivity index (χ0v) is 11.8. The fourth-order valence-corrected chi connectivity index (χ4v) is 2.06. The number of hydrogen-bond acceptors (Lipinski definition) is 3. The van der Waals surface area contributed by atoms with Crippen molar-refractivity contribution in [2.24, 2.45) is 0 Å². The van der Waals surface area contributed by atoms with Crippen molar-refractivity contribution in [1.82, 2.24) is 9.78 Å². The second-order valence-electron chi connectivity index (χ2n) is 4.50. The number of aromatic amines is 1. The number of nitriles is 1. The molecule has 6 heteroatoms. The van der Waals surface area contributed by atoms with Crippen molar-refractivity contribution in [1.29, 1.82) is 5.26 Å². The lowest BCUT2D eigenvalue weighted by Crippen LogP contribution is -2.33. The van der Waals surface area contributed by atoms with Crippen LogP contribution in [-0.4, -0.2) is 9.78 Å². The molecule has 0 aliphatic rings. The summed E-state index contributed by atoms with van der Waals surface area (Å²) in [5.74, 6) is 0. The first-order chi connectivity index (χ1) is 9.43. The topological polar surface area (TPSA) is 78.7 Å². The molecule has 0 saturated carbocycles. The lowest BCUT2D eigenvalue weighted by Gasteiger charge is -2.09. The monoisotopic (exact) mass is 289 g/mol. The molecular weight excluding hydrogens is 278 g/mol. The van der Waals surface area contributed by atoms with Crippen molar-refractivity contribution < 1.29 is 0 Å². The molecule has 0 atom stereocenters. The number of H-pyrrole nitrogens is 1. The Labute approximate surface area is 120 Å². The van der Waals surface area contributed by atoms with Crippen LogP contribution in [0.4, 0.5) is 0 Å². The van der Waals surface area contributed by atoms with Crippen molar-refractivity contribution >= 4 is 11.6 Å². The fourth-order valence-electron chi connectivity index (χ4n) is 1.82. The quantitative estimate of drug-likeness (QED) is 0.914. The van der Waals surface area contributed by atoms with E-state index in [-0.39, 0.29) is 17.7 Å². The van der Waals surface area contributed by atoms with Crippen LogP contribution in [0.5, 0.6) is 0 Å². The molecule has 1 aromatic carbocycles. The molecule has 0 aliphatic carbocycles. The van der Waals surface area contributed by atoms with Crippen LogP contribution in [-0.2, 0) is 6.54 Å². The van der Waals surface area contributed by atoms with Gasteiger partial charge in [0.1, 0.15) is 0 Å². The number of nitrogens with one attached hydrogen (secondary N) is 1. The number of hydrogen-bond donors (Lipinski definition) is 1. The van der Waals surface area contributed by atoms with Crippen molar-refractivity contribution in [3.05, 3.63) is 66.2 Å². The van der Waals surface area contributed by atoms with E-state index in [4.69, 9.17) is 16.9 Å². The molecule has 1 aromatic heterocycles. The van der Waals surface area contributed by atoms with Gasteiger partial charge in [0.15, 0.2) is 0 Å². The van der Waals surface area contributed by atoms with Crippen molar-refractivity contribution in [2.45, 2.75) is 20.4 Å². The van der Waals surface area contributed by atoms with Crippen LogP contribution in [0.1, 0.15) is 22.3 Å². The van der Waals surface area contributed by atoms with E-state index in [1.165, 1.54) is 10.7 Å². The predicted octanol–water partition coefficient (Wildman–Crippen LogP) is 1.73. The van der Waals surface area contributed by atoms with Gasteiger partial charge in [-0.15, -0.1) is 0 Å². The molecule has 0 saturated heterocycles. The summed E-state index contributed by atoms with van der Waals surface area (Å²) in [7, 11) is 0. The van der Waals surface area contributed by atoms with Gasteiger partial charge in [0.05, 0.1) is 18.2 Å². The molecule has 20 heavy (non-hydrogen) atoms. The highest BCUT2D eigenvalue weighted by molar-refractivity contribution is 6.31. The highest BCUT2D eigenvalue weighted by atomic mass is 35.5. The Hall–Kier alpha value is -2.32. The van der Waals surface area contributed by atoms with Gasteiger partial charge >= 0.3 is 0 Å². The summed E-state index contributed by atoms with van der Waals surface area (Å²) in [6.07, 6.45) is 0. The van der Waals surface area contributed by atoms with Gasteiger partial charge in [0.2, 0.25) is 0 Å². The number of halogens is 1. The van der Waals surface area contributed by atoms with E-state index in [9.17, 15) is 9.59 Å². The maximum atomic E-state index is 12.1. The van der Waals surface area contributed by atoms with Gasteiger partial charge in [-0.1, -0.05) is 17.7 Å². The van der Waals surface area contributed by atoms with Crippen molar-refractivity contribution in [2.75, 3.05) is 0 Å².